The van der Waals surface area contributed by atoms with E-state index in [1.807, 2.05) is 30.3 Å². The molecule has 0 bridgehead atoms. The molecule has 5 nitrogen and oxygen atoms in total. The first-order chi connectivity index (χ1) is 9.56. The molecular weight excluding hydrogens is 324 g/mol. The molecule has 0 atom stereocenters. The average molecular weight is 337 g/mol. The highest BCUT2D eigenvalue weighted by Crippen LogP contribution is 2.15. The van der Waals surface area contributed by atoms with Gasteiger partial charge in [0.1, 0.15) is 12.3 Å². The van der Waals surface area contributed by atoms with E-state index in [1.165, 1.54) is 6.07 Å². The molecule has 0 radical (unpaired) electrons. The molecule has 0 fully saturated rings. The maximum Gasteiger partial charge on any atom is 0.412 e. The molecule has 1 heterocycles. The van der Waals surface area contributed by atoms with Crippen molar-refractivity contribution < 1.29 is 9.53 Å². The first-order valence-electron chi connectivity index (χ1n) is 5.93. The molecule has 2 rings (SSSR count). The van der Waals surface area contributed by atoms with Gasteiger partial charge in [0.15, 0.2) is 0 Å². The van der Waals surface area contributed by atoms with E-state index in [2.05, 4.69) is 26.2 Å². The predicted octanol–water partition coefficient (Wildman–Crippen LogP) is 3.19. The second-order valence-electron chi connectivity index (χ2n) is 4.17. The molecule has 104 valence electrons. The van der Waals surface area contributed by atoms with Gasteiger partial charge in [0.25, 0.3) is 5.56 Å². The lowest BCUT2D eigenvalue weighted by Gasteiger charge is -2.07. The summed E-state index contributed by atoms with van der Waals surface area (Å²) in [6, 6.07) is 10.8. The van der Waals surface area contributed by atoms with Crippen molar-refractivity contribution in [3.05, 3.63) is 62.5 Å². The highest BCUT2D eigenvalue weighted by atomic mass is 79.9. The van der Waals surface area contributed by atoms with Crippen molar-refractivity contribution >= 4 is 27.7 Å². The highest BCUT2D eigenvalue weighted by Gasteiger charge is 2.09. The topological polar surface area (TPSA) is 71.2 Å². The fraction of sp³-hybridized carbons (Fsp3) is 0.143. The minimum atomic E-state index is -0.671. The molecule has 2 N–H and O–H groups in total. The minimum Gasteiger partial charge on any atom is -0.444 e. The fourth-order valence-electron chi connectivity index (χ4n) is 1.56. The third kappa shape index (κ3) is 3.71. The number of nitrogens with one attached hydrogen (secondary N) is 2. The van der Waals surface area contributed by atoms with Crippen LogP contribution in [0.5, 0.6) is 0 Å². The van der Waals surface area contributed by atoms with E-state index in [4.69, 9.17) is 4.74 Å². The summed E-state index contributed by atoms with van der Waals surface area (Å²) in [6.07, 6.45) is -0.671. The van der Waals surface area contributed by atoms with Crippen LogP contribution in [0.4, 0.5) is 10.5 Å². The summed E-state index contributed by atoms with van der Waals surface area (Å²) in [6.45, 7) is 1.90. The van der Waals surface area contributed by atoms with Crippen LogP contribution in [0.15, 0.2) is 45.7 Å². The van der Waals surface area contributed by atoms with E-state index in [-0.39, 0.29) is 17.9 Å². The summed E-state index contributed by atoms with van der Waals surface area (Å²) in [5, 5.41) is 2.41. The molecule has 1 aromatic heterocycles. The Kier molecular flexibility index (Phi) is 4.57. The van der Waals surface area contributed by atoms with Crippen LogP contribution in [0.1, 0.15) is 11.3 Å². The lowest BCUT2D eigenvalue weighted by molar-refractivity contribution is 0.155. The Labute approximate surface area is 124 Å². The summed E-state index contributed by atoms with van der Waals surface area (Å²) in [5.74, 6) is 0. The van der Waals surface area contributed by atoms with Crippen LogP contribution in [-0.2, 0) is 11.3 Å². The number of anilines is 1. The molecule has 0 aliphatic carbocycles. The molecular formula is C14H13BrN2O3. The molecule has 20 heavy (non-hydrogen) atoms. The summed E-state index contributed by atoms with van der Waals surface area (Å²) in [4.78, 5) is 25.9. The highest BCUT2D eigenvalue weighted by molar-refractivity contribution is 9.10. The number of ether oxygens (including phenoxy) is 1. The molecule has 2 aromatic rings. The lowest BCUT2D eigenvalue weighted by atomic mass is 10.2. The average Bonchev–Trinajstić information content (AvgIpc) is 2.44. The number of rotatable bonds is 3. The number of hydrogen-bond acceptors (Lipinski definition) is 3. The number of carbonyl (C=O) groups excluding carboxylic acids is 1. The zero-order valence-electron chi connectivity index (χ0n) is 10.8. The number of aryl methyl sites for hydroxylation is 1. The van der Waals surface area contributed by atoms with Gasteiger partial charge in [-0.15, -0.1) is 0 Å². The molecule has 0 saturated heterocycles. The second kappa shape index (κ2) is 6.38. The van der Waals surface area contributed by atoms with E-state index < -0.39 is 6.09 Å². The van der Waals surface area contributed by atoms with Crippen LogP contribution in [0.25, 0.3) is 0 Å². The molecule has 0 unspecified atom stereocenters. The summed E-state index contributed by atoms with van der Waals surface area (Å²) in [7, 11) is 0. The van der Waals surface area contributed by atoms with E-state index >= 15 is 0 Å². The fourth-order valence-corrected chi connectivity index (χ4v) is 1.89. The van der Waals surface area contributed by atoms with Crippen LogP contribution in [0.2, 0.25) is 0 Å². The molecule has 0 aliphatic heterocycles. The Morgan fingerprint density at radius 1 is 1.35 bits per heavy atom. The number of H-pyrrole nitrogens is 1. The maximum absolute atomic E-state index is 11.7. The van der Waals surface area contributed by atoms with Crippen LogP contribution < -0.4 is 10.9 Å². The van der Waals surface area contributed by atoms with Crippen molar-refractivity contribution in [1.29, 1.82) is 0 Å². The van der Waals surface area contributed by atoms with Gasteiger partial charge in [-0.3, -0.25) is 10.1 Å². The third-order valence-corrected chi connectivity index (χ3v) is 3.45. The summed E-state index contributed by atoms with van der Waals surface area (Å²) in [5.41, 5.74) is 1.34. The van der Waals surface area contributed by atoms with Crippen LogP contribution in [0, 0.1) is 6.92 Å². The van der Waals surface area contributed by atoms with Crippen LogP contribution in [-0.4, -0.2) is 11.1 Å². The molecule has 1 aromatic carbocycles. The Morgan fingerprint density at radius 3 is 2.75 bits per heavy atom. The number of hydrogen-bond donors (Lipinski definition) is 2. The standard InChI is InChI=1S/C14H13BrN2O3/c1-9-11(15)7-12(13(18)16-9)17-14(19)20-8-10-5-3-2-4-6-10/h2-7H,8H2,1H3,(H,16,18)(H,17,19). The Morgan fingerprint density at radius 2 is 2.05 bits per heavy atom. The zero-order valence-corrected chi connectivity index (χ0v) is 12.4. The van der Waals surface area contributed by atoms with E-state index in [0.29, 0.717) is 10.2 Å². The Hall–Kier alpha value is -2.08. The largest absolute Gasteiger partial charge is 0.444 e. The van der Waals surface area contributed by atoms with Crippen molar-refractivity contribution in [1.82, 2.24) is 4.98 Å². The van der Waals surface area contributed by atoms with Crippen LogP contribution >= 0.6 is 15.9 Å². The SMILES string of the molecule is Cc1[nH]c(=O)c(NC(=O)OCc2ccccc2)cc1Br. The van der Waals surface area contributed by atoms with Gasteiger partial charge < -0.3 is 9.72 Å². The number of pyridine rings is 1. The van der Waals surface area contributed by atoms with Crippen LogP contribution in [0.3, 0.4) is 0 Å². The monoisotopic (exact) mass is 336 g/mol. The van der Waals surface area contributed by atoms with Crippen molar-refractivity contribution in [3.8, 4) is 0 Å². The van der Waals surface area contributed by atoms with Gasteiger partial charge in [-0.1, -0.05) is 30.3 Å². The van der Waals surface area contributed by atoms with E-state index in [9.17, 15) is 9.59 Å². The summed E-state index contributed by atoms with van der Waals surface area (Å²) < 4.78 is 5.74. The molecule has 6 heteroatoms. The van der Waals surface area contributed by atoms with E-state index in [0.717, 1.165) is 5.56 Å². The van der Waals surface area contributed by atoms with Gasteiger partial charge in [0, 0.05) is 10.2 Å². The van der Waals surface area contributed by atoms with Gasteiger partial charge in [0.2, 0.25) is 0 Å². The van der Waals surface area contributed by atoms with Gasteiger partial charge in [-0.05, 0) is 34.5 Å². The first kappa shape index (κ1) is 14.3. The number of benzene rings is 1. The van der Waals surface area contributed by atoms with Gasteiger partial charge in [-0.25, -0.2) is 4.79 Å². The third-order valence-electron chi connectivity index (χ3n) is 2.62. The minimum absolute atomic E-state index is 0.139. The van der Waals surface area contributed by atoms with Gasteiger partial charge in [0.05, 0.1) is 0 Å². The number of carbonyl (C=O) groups is 1. The zero-order chi connectivity index (χ0) is 14.5. The van der Waals surface area contributed by atoms with Crippen molar-refractivity contribution in [2.24, 2.45) is 0 Å². The molecule has 0 aliphatic rings. The number of halogens is 1. The normalized spacial score (nSPS) is 10.1. The van der Waals surface area contributed by atoms with Crippen molar-refractivity contribution in [2.45, 2.75) is 13.5 Å². The van der Waals surface area contributed by atoms with Crippen molar-refractivity contribution in [2.75, 3.05) is 5.32 Å². The molecule has 0 saturated carbocycles. The van der Waals surface area contributed by atoms with Gasteiger partial charge in [-0.2, -0.15) is 0 Å². The Balaban J connectivity index is 1.98. The smallest absolute Gasteiger partial charge is 0.412 e. The lowest BCUT2D eigenvalue weighted by Crippen LogP contribution is -2.21. The summed E-state index contributed by atoms with van der Waals surface area (Å²) >= 11 is 3.28. The number of amides is 1. The van der Waals surface area contributed by atoms with E-state index in [1.54, 1.807) is 6.92 Å². The van der Waals surface area contributed by atoms with Gasteiger partial charge >= 0.3 is 6.09 Å². The number of aromatic amines is 1. The quantitative estimate of drug-likeness (QED) is 0.904. The predicted molar refractivity (Wildman–Crippen MR) is 79.7 cm³/mol. The maximum atomic E-state index is 11.7. The first-order valence-corrected chi connectivity index (χ1v) is 6.72. The molecule has 0 spiro atoms. The second-order valence-corrected chi connectivity index (χ2v) is 5.03. The Bertz CT molecular complexity index is 668. The van der Waals surface area contributed by atoms with Crippen molar-refractivity contribution in [3.63, 3.8) is 0 Å². The molecule has 1 amide bonds. The number of aromatic nitrogens is 1.